The zero-order valence-corrected chi connectivity index (χ0v) is 12.0. The number of rotatable bonds is 4. The Hall–Kier alpha value is -1.47. The summed E-state index contributed by atoms with van der Waals surface area (Å²) >= 11 is 1.72. The first-order valence-electron chi connectivity index (χ1n) is 6.40. The van der Waals surface area contributed by atoms with Crippen LogP contribution in [0.15, 0.2) is 0 Å². The van der Waals surface area contributed by atoms with E-state index in [0.29, 0.717) is 12.6 Å². The fourth-order valence-corrected chi connectivity index (χ4v) is 3.27. The van der Waals surface area contributed by atoms with Gasteiger partial charge in [-0.15, -0.1) is 16.4 Å². The molecule has 2 aromatic rings. The highest BCUT2D eigenvalue weighted by Crippen LogP contribution is 2.30. The highest BCUT2D eigenvalue weighted by atomic mass is 32.1. The molecule has 0 aliphatic heterocycles. The van der Waals surface area contributed by atoms with Gasteiger partial charge in [-0.05, 0) is 25.7 Å². The summed E-state index contributed by atoms with van der Waals surface area (Å²) in [6.45, 7) is 0.458. The number of hydrogen-bond acceptors (Lipinski definition) is 6. The Morgan fingerprint density at radius 3 is 2.95 bits per heavy atom. The molecular weight excluding hydrogens is 262 g/mol. The third kappa shape index (κ3) is 2.62. The molecule has 19 heavy (non-hydrogen) atoms. The summed E-state index contributed by atoms with van der Waals surface area (Å²) < 4.78 is 6.80. The van der Waals surface area contributed by atoms with E-state index in [1.807, 2.05) is 7.05 Å². The summed E-state index contributed by atoms with van der Waals surface area (Å²) in [6, 6.07) is 0. The van der Waals surface area contributed by atoms with Crippen molar-refractivity contribution in [2.24, 2.45) is 7.05 Å². The van der Waals surface area contributed by atoms with Crippen LogP contribution in [-0.2, 0) is 31.2 Å². The molecule has 2 heterocycles. The summed E-state index contributed by atoms with van der Waals surface area (Å²) in [5, 5.41) is 8.39. The number of thiazole rings is 1. The lowest BCUT2D eigenvalue weighted by Crippen LogP contribution is -2.00. The van der Waals surface area contributed by atoms with E-state index >= 15 is 0 Å². The van der Waals surface area contributed by atoms with Crippen LogP contribution in [0.25, 0.3) is 0 Å². The van der Waals surface area contributed by atoms with E-state index in [1.165, 1.54) is 23.4 Å². The number of ether oxygens (including phenoxy) is 1. The van der Waals surface area contributed by atoms with Gasteiger partial charge in [0, 0.05) is 19.0 Å². The number of methoxy groups -OCH3 is 1. The Labute approximate surface area is 115 Å². The van der Waals surface area contributed by atoms with E-state index in [9.17, 15) is 0 Å². The molecule has 0 spiro atoms. The van der Waals surface area contributed by atoms with Gasteiger partial charge in [0.25, 0.3) is 0 Å². The molecule has 0 atom stereocenters. The van der Waals surface area contributed by atoms with Crippen molar-refractivity contribution in [1.82, 2.24) is 19.7 Å². The highest BCUT2D eigenvalue weighted by molar-refractivity contribution is 7.15. The van der Waals surface area contributed by atoms with Crippen LogP contribution in [0.2, 0.25) is 0 Å². The van der Waals surface area contributed by atoms with Crippen molar-refractivity contribution in [1.29, 1.82) is 0 Å². The van der Waals surface area contributed by atoms with Crippen molar-refractivity contribution < 1.29 is 4.74 Å². The Kier molecular flexibility index (Phi) is 3.48. The average molecular weight is 279 g/mol. The van der Waals surface area contributed by atoms with Crippen LogP contribution in [0.4, 0.5) is 11.1 Å². The van der Waals surface area contributed by atoms with E-state index in [0.717, 1.165) is 23.8 Å². The summed E-state index contributed by atoms with van der Waals surface area (Å²) in [5.41, 5.74) is 1.24. The van der Waals surface area contributed by atoms with Crippen molar-refractivity contribution in [3.05, 3.63) is 16.4 Å². The molecule has 0 amide bonds. The van der Waals surface area contributed by atoms with Crippen LogP contribution < -0.4 is 5.32 Å². The number of nitrogens with zero attached hydrogens (tertiary/aromatic N) is 4. The molecule has 1 N–H and O–H groups in total. The first kappa shape index (κ1) is 12.6. The standard InChI is InChI=1S/C12H17N5OS/c1-17-10(7-18-2)14-11(16-17)15-12-13-8-5-3-4-6-9(8)19-12/h3-7H2,1-2H3,(H,13,15,16). The molecular formula is C12H17N5OS. The molecule has 1 aliphatic rings. The quantitative estimate of drug-likeness (QED) is 0.927. The summed E-state index contributed by atoms with van der Waals surface area (Å²) in [6.07, 6.45) is 4.77. The fourth-order valence-electron chi connectivity index (χ4n) is 2.23. The van der Waals surface area contributed by atoms with Crippen LogP contribution in [0.3, 0.4) is 0 Å². The predicted molar refractivity (Wildman–Crippen MR) is 73.8 cm³/mol. The Bertz CT molecular complexity index is 553. The first-order valence-corrected chi connectivity index (χ1v) is 7.22. The van der Waals surface area contributed by atoms with Gasteiger partial charge in [-0.1, -0.05) is 0 Å². The van der Waals surface area contributed by atoms with Gasteiger partial charge in [-0.25, -0.2) is 9.67 Å². The van der Waals surface area contributed by atoms with Crippen molar-refractivity contribution in [2.45, 2.75) is 32.3 Å². The van der Waals surface area contributed by atoms with Crippen molar-refractivity contribution >= 4 is 22.4 Å². The number of hydrogen-bond donors (Lipinski definition) is 1. The van der Waals surface area contributed by atoms with Gasteiger partial charge in [-0.2, -0.15) is 4.98 Å². The largest absolute Gasteiger partial charge is 0.377 e. The Morgan fingerprint density at radius 1 is 1.32 bits per heavy atom. The number of nitrogens with one attached hydrogen (secondary N) is 1. The molecule has 0 saturated carbocycles. The van der Waals surface area contributed by atoms with E-state index in [-0.39, 0.29) is 0 Å². The zero-order chi connectivity index (χ0) is 13.2. The minimum Gasteiger partial charge on any atom is -0.377 e. The van der Waals surface area contributed by atoms with Crippen molar-refractivity contribution in [3.8, 4) is 0 Å². The molecule has 1 aliphatic carbocycles. The average Bonchev–Trinajstić information content (AvgIpc) is 2.94. The maximum Gasteiger partial charge on any atom is 0.248 e. The minimum absolute atomic E-state index is 0.458. The van der Waals surface area contributed by atoms with Gasteiger partial charge in [0.15, 0.2) is 11.0 Å². The molecule has 0 unspecified atom stereocenters. The predicted octanol–water partition coefficient (Wildman–Crippen LogP) is 2.04. The van der Waals surface area contributed by atoms with Crippen LogP contribution >= 0.6 is 11.3 Å². The second-order valence-corrected chi connectivity index (χ2v) is 5.71. The monoisotopic (exact) mass is 279 g/mol. The van der Waals surface area contributed by atoms with E-state index < -0.39 is 0 Å². The van der Waals surface area contributed by atoms with Gasteiger partial charge in [0.1, 0.15) is 6.61 Å². The number of fused-ring (bicyclic) bond motifs is 1. The topological polar surface area (TPSA) is 64.9 Å². The molecule has 0 fully saturated rings. The van der Waals surface area contributed by atoms with Crippen molar-refractivity contribution in [2.75, 3.05) is 12.4 Å². The van der Waals surface area contributed by atoms with Gasteiger partial charge in [0.05, 0.1) is 5.69 Å². The number of aromatic nitrogens is 4. The zero-order valence-electron chi connectivity index (χ0n) is 11.1. The molecule has 0 saturated heterocycles. The number of aryl methyl sites for hydroxylation is 3. The normalized spacial score (nSPS) is 14.4. The van der Waals surface area contributed by atoms with Crippen LogP contribution in [0, 0.1) is 0 Å². The fraction of sp³-hybridized carbons (Fsp3) is 0.583. The lowest BCUT2D eigenvalue weighted by atomic mass is 10.0. The molecule has 102 valence electrons. The molecule has 2 aromatic heterocycles. The summed E-state index contributed by atoms with van der Waals surface area (Å²) in [4.78, 5) is 10.4. The maximum atomic E-state index is 5.07. The van der Waals surface area contributed by atoms with Crippen molar-refractivity contribution in [3.63, 3.8) is 0 Å². The third-order valence-electron chi connectivity index (χ3n) is 3.19. The lowest BCUT2D eigenvalue weighted by molar-refractivity contribution is 0.174. The smallest absolute Gasteiger partial charge is 0.248 e. The van der Waals surface area contributed by atoms with Gasteiger partial charge < -0.3 is 4.74 Å². The highest BCUT2D eigenvalue weighted by Gasteiger charge is 2.16. The third-order valence-corrected chi connectivity index (χ3v) is 4.26. The first-order chi connectivity index (χ1) is 9.26. The lowest BCUT2D eigenvalue weighted by Gasteiger charge is -2.06. The van der Waals surface area contributed by atoms with Gasteiger partial charge in [-0.3, -0.25) is 5.32 Å². The van der Waals surface area contributed by atoms with Crippen LogP contribution in [0.1, 0.15) is 29.2 Å². The minimum atomic E-state index is 0.458. The summed E-state index contributed by atoms with van der Waals surface area (Å²) in [7, 11) is 3.51. The SMILES string of the molecule is COCc1nc(Nc2nc3c(s2)CCCC3)nn1C. The van der Waals surface area contributed by atoms with E-state index in [2.05, 4.69) is 20.4 Å². The molecule has 6 nitrogen and oxygen atoms in total. The molecule has 7 heteroatoms. The molecule has 3 rings (SSSR count). The Balaban J connectivity index is 1.77. The van der Waals surface area contributed by atoms with Gasteiger partial charge >= 0.3 is 0 Å². The Morgan fingerprint density at radius 2 is 2.16 bits per heavy atom. The van der Waals surface area contributed by atoms with Gasteiger partial charge in [0.2, 0.25) is 5.95 Å². The maximum absolute atomic E-state index is 5.07. The van der Waals surface area contributed by atoms with Crippen LogP contribution in [0.5, 0.6) is 0 Å². The number of anilines is 2. The van der Waals surface area contributed by atoms with E-state index in [1.54, 1.807) is 23.1 Å². The second kappa shape index (κ2) is 5.26. The molecule has 0 aromatic carbocycles. The molecule has 0 bridgehead atoms. The second-order valence-electron chi connectivity index (χ2n) is 4.63. The van der Waals surface area contributed by atoms with E-state index in [4.69, 9.17) is 4.74 Å². The van der Waals surface area contributed by atoms with Crippen LogP contribution in [-0.4, -0.2) is 26.9 Å². The summed E-state index contributed by atoms with van der Waals surface area (Å²) in [5.74, 6) is 1.38. The molecule has 0 radical (unpaired) electrons.